The molecule has 0 radical (unpaired) electrons. The molecule has 1 aromatic rings. The first kappa shape index (κ1) is 15.2. The minimum absolute atomic E-state index is 0.129. The van der Waals surface area contributed by atoms with Crippen molar-refractivity contribution in [3.8, 4) is 0 Å². The standard InChI is InChI=1S/C15H22N2O2S/c1-4-17-9-12(6-15(17)19)7-16(3)8-13-5-14(11(2)18)20-10-13/h5,10,12H,4,6-9H2,1-3H3/t12-/m0/s1. The molecule has 1 atom stereocenters. The second-order valence-corrected chi connectivity index (χ2v) is 6.49. The monoisotopic (exact) mass is 294 g/mol. The molecule has 1 fully saturated rings. The Kier molecular flexibility index (Phi) is 4.94. The van der Waals surface area contributed by atoms with E-state index < -0.39 is 0 Å². The number of likely N-dealkylation sites (tertiary alicyclic amines) is 1. The van der Waals surface area contributed by atoms with Crippen molar-refractivity contribution < 1.29 is 9.59 Å². The number of Topliss-reactive ketones (excluding diaryl/α,β-unsaturated/α-hetero) is 1. The van der Waals surface area contributed by atoms with Crippen molar-refractivity contribution in [2.24, 2.45) is 5.92 Å². The zero-order chi connectivity index (χ0) is 14.7. The summed E-state index contributed by atoms with van der Waals surface area (Å²) in [4.78, 5) is 28.0. The molecular weight excluding hydrogens is 272 g/mol. The van der Waals surface area contributed by atoms with Crippen LogP contribution in [0.2, 0.25) is 0 Å². The first-order valence-corrected chi connectivity index (χ1v) is 7.92. The lowest BCUT2D eigenvalue weighted by molar-refractivity contribution is -0.127. The number of ketones is 1. The van der Waals surface area contributed by atoms with E-state index in [1.807, 2.05) is 23.3 Å². The quantitative estimate of drug-likeness (QED) is 0.756. The summed E-state index contributed by atoms with van der Waals surface area (Å²) in [5, 5.41) is 2.05. The number of rotatable bonds is 6. The van der Waals surface area contributed by atoms with E-state index in [4.69, 9.17) is 0 Å². The number of hydrogen-bond acceptors (Lipinski definition) is 4. The van der Waals surface area contributed by atoms with Gasteiger partial charge in [0.2, 0.25) is 5.91 Å². The molecule has 1 aliphatic rings. The highest BCUT2D eigenvalue weighted by molar-refractivity contribution is 7.12. The molecule has 1 saturated heterocycles. The molecule has 0 N–H and O–H groups in total. The van der Waals surface area contributed by atoms with Crippen molar-refractivity contribution in [1.82, 2.24) is 9.80 Å². The van der Waals surface area contributed by atoms with Crippen LogP contribution in [0.1, 0.15) is 35.5 Å². The number of carbonyl (C=O) groups excluding carboxylic acids is 2. The van der Waals surface area contributed by atoms with Gasteiger partial charge in [0.15, 0.2) is 5.78 Å². The smallest absolute Gasteiger partial charge is 0.222 e. The Bertz CT molecular complexity index is 498. The minimum atomic E-state index is 0.129. The van der Waals surface area contributed by atoms with E-state index in [9.17, 15) is 9.59 Å². The van der Waals surface area contributed by atoms with E-state index in [-0.39, 0.29) is 11.7 Å². The van der Waals surface area contributed by atoms with Gasteiger partial charge in [0.1, 0.15) is 0 Å². The lowest BCUT2D eigenvalue weighted by atomic mass is 10.1. The van der Waals surface area contributed by atoms with Gasteiger partial charge in [-0.1, -0.05) is 0 Å². The third-order valence-electron chi connectivity index (χ3n) is 3.70. The van der Waals surface area contributed by atoms with E-state index >= 15 is 0 Å². The van der Waals surface area contributed by atoms with E-state index in [1.54, 1.807) is 6.92 Å². The molecule has 1 aromatic heterocycles. The summed E-state index contributed by atoms with van der Waals surface area (Å²) < 4.78 is 0. The van der Waals surface area contributed by atoms with E-state index in [2.05, 4.69) is 11.9 Å². The number of hydrogen-bond donors (Lipinski definition) is 0. The van der Waals surface area contributed by atoms with Gasteiger partial charge in [0.05, 0.1) is 4.88 Å². The average Bonchev–Trinajstić information content (AvgIpc) is 2.96. The number of nitrogens with zero attached hydrogens (tertiary/aromatic N) is 2. The van der Waals surface area contributed by atoms with E-state index in [1.165, 1.54) is 16.9 Å². The van der Waals surface area contributed by atoms with Crippen molar-refractivity contribution >= 4 is 23.0 Å². The normalized spacial score (nSPS) is 19.1. The van der Waals surface area contributed by atoms with E-state index in [0.717, 1.165) is 31.1 Å². The van der Waals surface area contributed by atoms with Crippen LogP contribution in [0, 0.1) is 5.92 Å². The molecular formula is C15H22N2O2S. The van der Waals surface area contributed by atoms with Gasteiger partial charge in [0, 0.05) is 32.6 Å². The Morgan fingerprint density at radius 3 is 2.85 bits per heavy atom. The molecule has 2 heterocycles. The first-order valence-electron chi connectivity index (χ1n) is 7.04. The molecule has 0 aromatic carbocycles. The Labute approximate surface area is 124 Å². The fraction of sp³-hybridized carbons (Fsp3) is 0.600. The van der Waals surface area contributed by atoms with Gasteiger partial charge < -0.3 is 9.80 Å². The molecule has 0 unspecified atom stereocenters. The van der Waals surface area contributed by atoms with Crippen LogP contribution in [0.3, 0.4) is 0 Å². The molecule has 0 saturated carbocycles. The fourth-order valence-electron chi connectivity index (χ4n) is 2.74. The van der Waals surface area contributed by atoms with Crippen molar-refractivity contribution in [2.75, 3.05) is 26.7 Å². The summed E-state index contributed by atoms with van der Waals surface area (Å²) in [5.74, 6) is 0.836. The van der Waals surface area contributed by atoms with Crippen LogP contribution < -0.4 is 0 Å². The summed E-state index contributed by atoms with van der Waals surface area (Å²) >= 11 is 1.51. The maximum atomic E-state index is 11.7. The van der Waals surface area contributed by atoms with Crippen LogP contribution in [-0.4, -0.2) is 48.2 Å². The van der Waals surface area contributed by atoms with Crippen LogP contribution in [0.5, 0.6) is 0 Å². The molecule has 110 valence electrons. The van der Waals surface area contributed by atoms with Crippen LogP contribution in [0.4, 0.5) is 0 Å². The van der Waals surface area contributed by atoms with E-state index in [0.29, 0.717) is 12.3 Å². The molecule has 1 amide bonds. The Balaban J connectivity index is 1.84. The third-order valence-corrected chi connectivity index (χ3v) is 4.78. The SMILES string of the molecule is CCN1C[C@H](CN(C)Cc2csc(C(C)=O)c2)CC1=O. The van der Waals surface area contributed by atoms with Crippen molar-refractivity contribution in [1.29, 1.82) is 0 Å². The van der Waals surface area contributed by atoms with Crippen LogP contribution in [0.25, 0.3) is 0 Å². The summed E-state index contributed by atoms with van der Waals surface area (Å²) in [6.45, 7) is 7.07. The predicted octanol–water partition coefficient (Wildman–Crippen LogP) is 2.25. The fourth-order valence-corrected chi connectivity index (χ4v) is 3.55. The van der Waals surface area contributed by atoms with Crippen LogP contribution in [-0.2, 0) is 11.3 Å². The van der Waals surface area contributed by atoms with Gasteiger partial charge in [0.25, 0.3) is 0 Å². The highest BCUT2D eigenvalue weighted by Crippen LogP contribution is 2.20. The molecule has 0 aliphatic carbocycles. The zero-order valence-corrected chi connectivity index (χ0v) is 13.2. The van der Waals surface area contributed by atoms with Gasteiger partial charge in [-0.2, -0.15) is 0 Å². The summed E-state index contributed by atoms with van der Waals surface area (Å²) in [6.07, 6.45) is 0.667. The predicted molar refractivity (Wildman–Crippen MR) is 81.0 cm³/mol. The lowest BCUT2D eigenvalue weighted by Gasteiger charge is -2.20. The second-order valence-electron chi connectivity index (χ2n) is 5.57. The van der Waals surface area contributed by atoms with Gasteiger partial charge in [-0.15, -0.1) is 11.3 Å². The molecule has 5 heteroatoms. The Morgan fingerprint density at radius 2 is 2.30 bits per heavy atom. The number of carbonyl (C=O) groups is 2. The molecule has 0 spiro atoms. The van der Waals surface area contributed by atoms with Crippen molar-refractivity contribution in [3.63, 3.8) is 0 Å². The van der Waals surface area contributed by atoms with Gasteiger partial charge in [-0.25, -0.2) is 0 Å². The number of amides is 1. The molecule has 1 aliphatic heterocycles. The van der Waals surface area contributed by atoms with Crippen molar-refractivity contribution in [2.45, 2.75) is 26.8 Å². The molecule has 20 heavy (non-hydrogen) atoms. The molecule has 0 bridgehead atoms. The number of thiophene rings is 1. The highest BCUT2D eigenvalue weighted by atomic mass is 32.1. The minimum Gasteiger partial charge on any atom is -0.343 e. The van der Waals surface area contributed by atoms with Gasteiger partial charge in [-0.3, -0.25) is 9.59 Å². The Morgan fingerprint density at radius 1 is 1.55 bits per heavy atom. The topological polar surface area (TPSA) is 40.6 Å². The van der Waals surface area contributed by atoms with Crippen LogP contribution in [0.15, 0.2) is 11.4 Å². The third kappa shape index (κ3) is 3.67. The summed E-state index contributed by atoms with van der Waals surface area (Å²) in [5.41, 5.74) is 1.18. The summed E-state index contributed by atoms with van der Waals surface area (Å²) in [6, 6.07) is 1.97. The Hall–Kier alpha value is -1.20. The molecule has 2 rings (SSSR count). The lowest BCUT2D eigenvalue weighted by Crippen LogP contribution is -2.28. The average molecular weight is 294 g/mol. The second kappa shape index (κ2) is 6.50. The maximum absolute atomic E-state index is 11.7. The van der Waals surface area contributed by atoms with Gasteiger partial charge in [-0.05, 0) is 43.8 Å². The largest absolute Gasteiger partial charge is 0.343 e. The maximum Gasteiger partial charge on any atom is 0.222 e. The zero-order valence-electron chi connectivity index (χ0n) is 12.4. The highest BCUT2D eigenvalue weighted by Gasteiger charge is 2.28. The van der Waals surface area contributed by atoms with Crippen LogP contribution >= 0.6 is 11.3 Å². The summed E-state index contributed by atoms with van der Waals surface area (Å²) in [7, 11) is 2.07. The van der Waals surface area contributed by atoms with Gasteiger partial charge >= 0.3 is 0 Å². The van der Waals surface area contributed by atoms with Crippen molar-refractivity contribution in [3.05, 3.63) is 21.9 Å². The molecule has 4 nitrogen and oxygen atoms in total. The first-order chi connectivity index (χ1) is 9.49.